The zero-order valence-electron chi connectivity index (χ0n) is 20.7. The maximum Gasteiger partial charge on any atom is 0.252 e. The summed E-state index contributed by atoms with van der Waals surface area (Å²) in [5.41, 5.74) is 1.92. The van der Waals surface area contributed by atoms with E-state index < -0.39 is 0 Å². The van der Waals surface area contributed by atoms with Gasteiger partial charge >= 0.3 is 0 Å². The fraction of sp³-hybridized carbons (Fsp3) is 0.440. The summed E-state index contributed by atoms with van der Waals surface area (Å²) in [6.45, 7) is 10.2. The standard InChI is InChI=1S/C25H33N7O2/c1-24(2,3)34-16-25(4)15-32(20-9-7-8-18(28-20)13-26-5)22-19(25)14-27-23(30-22)29-17-10-11-31(6)21(33)12-17/h7-12,14,26H,13,15-16H2,1-6H3,(H,27,29,30)/t25-/m0/s1. The summed E-state index contributed by atoms with van der Waals surface area (Å²) in [5, 5.41) is 6.32. The van der Waals surface area contributed by atoms with Crippen molar-refractivity contribution in [2.75, 3.05) is 30.4 Å². The van der Waals surface area contributed by atoms with Gasteiger partial charge in [-0.1, -0.05) is 13.0 Å². The molecule has 4 heterocycles. The van der Waals surface area contributed by atoms with Crippen molar-refractivity contribution < 1.29 is 4.74 Å². The SMILES string of the molecule is CNCc1cccc(N2C[C@@](C)(COC(C)(C)C)c3cnc(Nc4ccn(C)c(=O)c4)nc32)n1. The molecular weight excluding hydrogens is 430 g/mol. The van der Waals surface area contributed by atoms with Crippen LogP contribution < -0.4 is 21.1 Å². The van der Waals surface area contributed by atoms with Crippen LogP contribution in [-0.4, -0.2) is 45.3 Å². The fourth-order valence-electron chi connectivity index (χ4n) is 3.91. The minimum atomic E-state index is -0.315. The van der Waals surface area contributed by atoms with Crippen molar-refractivity contribution in [2.24, 2.45) is 7.05 Å². The van der Waals surface area contributed by atoms with E-state index in [1.165, 1.54) is 10.6 Å². The van der Waals surface area contributed by atoms with Crippen LogP contribution in [0.5, 0.6) is 0 Å². The first-order chi connectivity index (χ1) is 16.1. The highest BCUT2D eigenvalue weighted by Crippen LogP contribution is 2.43. The molecule has 0 amide bonds. The van der Waals surface area contributed by atoms with Gasteiger partial charge in [-0.25, -0.2) is 9.97 Å². The first-order valence-corrected chi connectivity index (χ1v) is 11.4. The molecule has 0 saturated carbocycles. The second-order valence-corrected chi connectivity index (χ2v) is 9.99. The molecule has 0 aromatic carbocycles. The first-order valence-electron chi connectivity index (χ1n) is 11.4. The largest absolute Gasteiger partial charge is 0.375 e. The number of hydrogen-bond donors (Lipinski definition) is 2. The Morgan fingerprint density at radius 2 is 2.00 bits per heavy atom. The highest BCUT2D eigenvalue weighted by Gasteiger charge is 2.43. The van der Waals surface area contributed by atoms with Gasteiger partial charge < -0.3 is 24.8 Å². The number of rotatable bonds is 7. The Kier molecular flexibility index (Phi) is 6.42. The molecule has 0 fully saturated rings. The predicted molar refractivity (Wildman–Crippen MR) is 134 cm³/mol. The van der Waals surface area contributed by atoms with Gasteiger partial charge in [0.1, 0.15) is 11.6 Å². The van der Waals surface area contributed by atoms with Crippen LogP contribution in [0, 0.1) is 0 Å². The van der Waals surface area contributed by atoms with Gasteiger partial charge in [-0.05, 0) is 46.0 Å². The lowest BCUT2D eigenvalue weighted by molar-refractivity contribution is -0.0252. The van der Waals surface area contributed by atoms with Crippen molar-refractivity contribution >= 4 is 23.3 Å². The van der Waals surface area contributed by atoms with Crippen LogP contribution in [0.4, 0.5) is 23.3 Å². The quantitative estimate of drug-likeness (QED) is 0.551. The Morgan fingerprint density at radius 1 is 1.21 bits per heavy atom. The van der Waals surface area contributed by atoms with Gasteiger partial charge in [0.2, 0.25) is 5.95 Å². The van der Waals surface area contributed by atoms with Crippen molar-refractivity contribution in [1.82, 2.24) is 24.8 Å². The molecule has 0 radical (unpaired) electrons. The number of hydrogen-bond acceptors (Lipinski definition) is 8. The molecule has 34 heavy (non-hydrogen) atoms. The molecule has 0 aliphatic carbocycles. The highest BCUT2D eigenvalue weighted by atomic mass is 16.5. The maximum atomic E-state index is 12.0. The van der Waals surface area contributed by atoms with Gasteiger partial charge in [-0.2, -0.15) is 4.98 Å². The van der Waals surface area contributed by atoms with Gasteiger partial charge in [-0.15, -0.1) is 0 Å². The number of pyridine rings is 2. The molecular formula is C25H33N7O2. The summed E-state index contributed by atoms with van der Waals surface area (Å²) < 4.78 is 7.72. The molecule has 180 valence electrons. The van der Waals surface area contributed by atoms with Crippen molar-refractivity contribution in [3.05, 3.63) is 64.3 Å². The van der Waals surface area contributed by atoms with Crippen LogP contribution >= 0.6 is 0 Å². The Hall–Kier alpha value is -3.30. The number of ether oxygens (including phenoxy) is 1. The minimum absolute atomic E-state index is 0.106. The third-order valence-corrected chi connectivity index (χ3v) is 5.79. The lowest BCUT2D eigenvalue weighted by atomic mass is 9.87. The van der Waals surface area contributed by atoms with Gasteiger partial charge in [0.25, 0.3) is 5.56 Å². The van der Waals surface area contributed by atoms with Crippen LogP contribution in [0.15, 0.2) is 47.5 Å². The smallest absolute Gasteiger partial charge is 0.252 e. The lowest BCUT2D eigenvalue weighted by Crippen LogP contribution is -2.37. The van der Waals surface area contributed by atoms with Gasteiger partial charge in [0, 0.05) is 55.3 Å². The van der Waals surface area contributed by atoms with Crippen LogP contribution in [0.2, 0.25) is 0 Å². The minimum Gasteiger partial charge on any atom is -0.375 e. The molecule has 0 spiro atoms. The molecule has 1 atom stereocenters. The summed E-state index contributed by atoms with van der Waals surface area (Å²) >= 11 is 0. The Balaban J connectivity index is 1.73. The average molecular weight is 464 g/mol. The predicted octanol–water partition coefficient (Wildman–Crippen LogP) is 3.26. The highest BCUT2D eigenvalue weighted by molar-refractivity contribution is 5.68. The van der Waals surface area contributed by atoms with E-state index in [0.717, 1.165) is 22.9 Å². The molecule has 1 aliphatic heterocycles. The zero-order valence-corrected chi connectivity index (χ0v) is 20.7. The van der Waals surface area contributed by atoms with Crippen molar-refractivity contribution in [2.45, 2.75) is 45.3 Å². The number of fused-ring (bicyclic) bond motifs is 1. The van der Waals surface area contributed by atoms with Crippen LogP contribution in [-0.2, 0) is 23.7 Å². The second kappa shape index (κ2) is 9.15. The summed E-state index contributed by atoms with van der Waals surface area (Å²) in [6, 6.07) is 9.35. The normalized spacial score (nSPS) is 17.6. The molecule has 3 aromatic heterocycles. The Bertz CT molecular complexity index is 1230. The van der Waals surface area contributed by atoms with Gasteiger partial charge in [0.05, 0.1) is 17.9 Å². The molecule has 1 aliphatic rings. The van der Waals surface area contributed by atoms with E-state index in [2.05, 4.69) is 48.2 Å². The molecule has 4 rings (SSSR count). The molecule has 9 nitrogen and oxygen atoms in total. The average Bonchev–Trinajstić information content (AvgIpc) is 3.08. The Morgan fingerprint density at radius 3 is 2.71 bits per heavy atom. The lowest BCUT2D eigenvalue weighted by Gasteiger charge is -2.30. The summed E-state index contributed by atoms with van der Waals surface area (Å²) in [4.78, 5) is 28.4. The molecule has 9 heteroatoms. The van der Waals surface area contributed by atoms with E-state index >= 15 is 0 Å². The third-order valence-electron chi connectivity index (χ3n) is 5.79. The van der Waals surface area contributed by atoms with E-state index in [4.69, 9.17) is 14.7 Å². The van der Waals surface area contributed by atoms with E-state index in [0.29, 0.717) is 31.3 Å². The van der Waals surface area contributed by atoms with E-state index in [1.807, 2.05) is 37.5 Å². The van der Waals surface area contributed by atoms with Gasteiger partial charge in [-0.3, -0.25) is 4.79 Å². The van der Waals surface area contributed by atoms with E-state index in [-0.39, 0.29) is 16.6 Å². The zero-order chi connectivity index (χ0) is 24.5. The summed E-state index contributed by atoms with van der Waals surface area (Å²) in [6.07, 6.45) is 3.57. The van der Waals surface area contributed by atoms with E-state index in [9.17, 15) is 4.79 Å². The van der Waals surface area contributed by atoms with Crippen LogP contribution in [0.3, 0.4) is 0 Å². The van der Waals surface area contributed by atoms with Crippen molar-refractivity contribution in [3.63, 3.8) is 0 Å². The van der Waals surface area contributed by atoms with Crippen molar-refractivity contribution in [3.8, 4) is 0 Å². The van der Waals surface area contributed by atoms with Crippen molar-refractivity contribution in [1.29, 1.82) is 0 Å². The second-order valence-electron chi connectivity index (χ2n) is 9.99. The number of aryl methyl sites for hydroxylation is 1. The van der Waals surface area contributed by atoms with Gasteiger partial charge in [0.15, 0.2) is 0 Å². The maximum absolute atomic E-state index is 12.0. The number of nitrogens with zero attached hydrogens (tertiary/aromatic N) is 5. The first kappa shape index (κ1) is 23.8. The Labute approximate surface area is 200 Å². The summed E-state index contributed by atoms with van der Waals surface area (Å²) in [7, 11) is 3.62. The molecule has 3 aromatic rings. The number of anilines is 4. The molecule has 0 saturated heterocycles. The summed E-state index contributed by atoms with van der Waals surface area (Å²) in [5.74, 6) is 2.03. The topological polar surface area (TPSA) is 97.2 Å². The molecule has 0 unspecified atom stereocenters. The van der Waals surface area contributed by atoms with Crippen LogP contribution in [0.1, 0.15) is 39.0 Å². The number of nitrogens with one attached hydrogen (secondary N) is 2. The molecule has 0 bridgehead atoms. The fourth-order valence-corrected chi connectivity index (χ4v) is 3.91. The van der Waals surface area contributed by atoms with E-state index in [1.54, 1.807) is 13.2 Å². The molecule has 2 N–H and O–H groups in total. The third kappa shape index (κ3) is 5.10. The monoisotopic (exact) mass is 463 g/mol. The number of aromatic nitrogens is 4. The van der Waals surface area contributed by atoms with Crippen LogP contribution in [0.25, 0.3) is 0 Å².